The van der Waals surface area contributed by atoms with Gasteiger partial charge in [0.1, 0.15) is 0 Å². The molecule has 3 rings (SSSR count). The molecule has 0 bridgehead atoms. The number of benzene rings is 1. The fourth-order valence-electron chi connectivity index (χ4n) is 3.61. The minimum atomic E-state index is -3.09. The lowest BCUT2D eigenvalue weighted by molar-refractivity contribution is -0.117. The predicted octanol–water partition coefficient (Wildman–Crippen LogP) is 2.20. The molecule has 1 aromatic rings. The van der Waals surface area contributed by atoms with Gasteiger partial charge in [-0.15, -0.1) is 24.0 Å². The van der Waals surface area contributed by atoms with Crippen molar-refractivity contribution < 1.29 is 13.2 Å². The number of fused-ring (bicyclic) bond motifs is 1. The smallest absolute Gasteiger partial charge is 0.232 e. The average Bonchev–Trinajstić information content (AvgIpc) is 2.92. The van der Waals surface area contributed by atoms with Crippen molar-refractivity contribution in [2.45, 2.75) is 37.9 Å². The van der Waals surface area contributed by atoms with E-state index >= 15 is 0 Å². The number of hydrogen-bond donors (Lipinski definition) is 2. The molecule has 0 aromatic heterocycles. The number of aliphatic imine (C=N–C) groups is 1. The second-order valence-electron chi connectivity index (χ2n) is 7.65. The Balaban J connectivity index is 0.00000280. The molecule has 0 spiro atoms. The molecule has 2 aliphatic rings. The van der Waals surface area contributed by atoms with Crippen molar-refractivity contribution in [3.8, 4) is 0 Å². The molecule has 1 amide bonds. The van der Waals surface area contributed by atoms with Gasteiger partial charge in [-0.25, -0.2) is 8.42 Å². The maximum Gasteiger partial charge on any atom is 0.232 e. The topological polar surface area (TPSA) is 90.9 Å². The van der Waals surface area contributed by atoms with Crippen molar-refractivity contribution in [3.63, 3.8) is 0 Å². The Hall–Kier alpha value is -1.36. The molecular formula is C19H29IN4O3S. The fourth-order valence-corrected chi connectivity index (χ4v) is 4.98. The number of carbonyl (C=O) groups is 1. The van der Waals surface area contributed by atoms with E-state index in [1.807, 2.05) is 36.1 Å². The van der Waals surface area contributed by atoms with E-state index in [0.29, 0.717) is 38.6 Å². The van der Waals surface area contributed by atoms with Gasteiger partial charge in [-0.05, 0) is 38.8 Å². The summed E-state index contributed by atoms with van der Waals surface area (Å²) in [4.78, 5) is 18.9. The number of para-hydroxylation sites is 1. The molecule has 2 heterocycles. The Morgan fingerprint density at radius 2 is 2.07 bits per heavy atom. The summed E-state index contributed by atoms with van der Waals surface area (Å²) in [5, 5.41) is 6.17. The second-order valence-corrected chi connectivity index (χ2v) is 10.4. The molecule has 0 aliphatic carbocycles. The number of guanidine groups is 1. The van der Waals surface area contributed by atoms with E-state index in [1.165, 1.54) is 0 Å². The summed E-state index contributed by atoms with van der Waals surface area (Å²) >= 11 is 0. The lowest BCUT2D eigenvalue weighted by Crippen LogP contribution is -2.57. The van der Waals surface area contributed by atoms with E-state index < -0.39 is 14.6 Å². The molecule has 1 atom stereocenters. The van der Waals surface area contributed by atoms with Crippen LogP contribution in [0.3, 0.4) is 0 Å². The Bertz CT molecular complexity index is 854. The molecule has 28 heavy (non-hydrogen) atoms. The summed E-state index contributed by atoms with van der Waals surface area (Å²) in [5.74, 6) is 0.669. The van der Waals surface area contributed by atoms with Crippen LogP contribution >= 0.6 is 24.0 Å². The summed E-state index contributed by atoms with van der Waals surface area (Å²) in [6.07, 6.45) is 0.618. The number of amides is 1. The SMILES string of the molecule is CCNC(=NCCC1C(=O)Nc2ccccc21)N1CCS(=O)(=O)C(C)(C)C1.I. The minimum Gasteiger partial charge on any atom is -0.357 e. The summed E-state index contributed by atoms with van der Waals surface area (Å²) in [6, 6.07) is 7.74. The Labute approximate surface area is 184 Å². The van der Waals surface area contributed by atoms with Crippen LogP contribution < -0.4 is 10.6 Å². The highest BCUT2D eigenvalue weighted by Crippen LogP contribution is 2.34. The van der Waals surface area contributed by atoms with Crippen LogP contribution in [0.2, 0.25) is 0 Å². The highest BCUT2D eigenvalue weighted by atomic mass is 127. The first-order chi connectivity index (χ1) is 12.7. The van der Waals surface area contributed by atoms with Crippen molar-refractivity contribution in [1.82, 2.24) is 10.2 Å². The quantitative estimate of drug-likeness (QED) is 0.361. The first kappa shape index (κ1) is 22.9. The summed E-state index contributed by atoms with van der Waals surface area (Å²) in [7, 11) is -3.09. The summed E-state index contributed by atoms with van der Waals surface area (Å²) in [5.41, 5.74) is 1.90. The van der Waals surface area contributed by atoms with Gasteiger partial charge in [0.25, 0.3) is 0 Å². The molecule has 1 unspecified atom stereocenters. The Morgan fingerprint density at radius 1 is 1.36 bits per heavy atom. The number of hydrogen-bond acceptors (Lipinski definition) is 4. The molecular weight excluding hydrogens is 491 g/mol. The van der Waals surface area contributed by atoms with Crippen LogP contribution in [0.1, 0.15) is 38.7 Å². The number of carbonyl (C=O) groups excluding carboxylic acids is 1. The zero-order valence-corrected chi connectivity index (χ0v) is 19.7. The molecule has 1 saturated heterocycles. The minimum absolute atomic E-state index is 0. The lowest BCUT2D eigenvalue weighted by Gasteiger charge is -2.39. The Morgan fingerprint density at radius 3 is 2.75 bits per heavy atom. The van der Waals surface area contributed by atoms with Gasteiger partial charge in [-0.3, -0.25) is 9.79 Å². The number of nitrogens with one attached hydrogen (secondary N) is 2. The molecule has 1 fully saturated rings. The number of rotatable bonds is 4. The zero-order valence-electron chi connectivity index (χ0n) is 16.6. The molecule has 2 N–H and O–H groups in total. The first-order valence-electron chi connectivity index (χ1n) is 9.40. The zero-order chi connectivity index (χ0) is 19.7. The number of anilines is 1. The molecule has 156 valence electrons. The van der Waals surface area contributed by atoms with Crippen molar-refractivity contribution in [3.05, 3.63) is 29.8 Å². The highest BCUT2D eigenvalue weighted by Gasteiger charge is 2.41. The summed E-state index contributed by atoms with van der Waals surface area (Å²) in [6.45, 7) is 7.56. The molecule has 0 radical (unpaired) electrons. The predicted molar refractivity (Wildman–Crippen MR) is 123 cm³/mol. The van der Waals surface area contributed by atoms with Crippen LogP contribution in [0.15, 0.2) is 29.3 Å². The maximum atomic E-state index is 12.2. The van der Waals surface area contributed by atoms with Gasteiger partial charge in [-0.1, -0.05) is 18.2 Å². The lowest BCUT2D eigenvalue weighted by atomic mass is 9.97. The number of halogens is 1. The van der Waals surface area contributed by atoms with Gasteiger partial charge < -0.3 is 15.5 Å². The highest BCUT2D eigenvalue weighted by molar-refractivity contribution is 14.0. The normalized spacial score (nSPS) is 22.8. The van der Waals surface area contributed by atoms with Gasteiger partial charge in [0.15, 0.2) is 15.8 Å². The third-order valence-electron chi connectivity index (χ3n) is 5.27. The Kier molecular flexibility index (Phi) is 7.35. The van der Waals surface area contributed by atoms with Crippen molar-refractivity contribution >= 4 is 51.4 Å². The van der Waals surface area contributed by atoms with E-state index in [9.17, 15) is 13.2 Å². The fraction of sp³-hybridized carbons (Fsp3) is 0.579. The molecule has 0 saturated carbocycles. The third kappa shape index (κ3) is 4.61. The molecule has 2 aliphatic heterocycles. The van der Waals surface area contributed by atoms with Gasteiger partial charge in [0, 0.05) is 31.9 Å². The van der Waals surface area contributed by atoms with Crippen LogP contribution in [0, 0.1) is 0 Å². The number of sulfone groups is 1. The largest absolute Gasteiger partial charge is 0.357 e. The number of nitrogens with zero attached hydrogens (tertiary/aromatic N) is 2. The second kappa shape index (κ2) is 8.98. The van der Waals surface area contributed by atoms with E-state index in [1.54, 1.807) is 13.8 Å². The van der Waals surface area contributed by atoms with Crippen molar-refractivity contribution in [2.24, 2.45) is 4.99 Å². The van der Waals surface area contributed by atoms with Gasteiger partial charge >= 0.3 is 0 Å². The van der Waals surface area contributed by atoms with Crippen LogP contribution in [0.4, 0.5) is 5.69 Å². The summed E-state index contributed by atoms with van der Waals surface area (Å²) < 4.78 is 23.7. The van der Waals surface area contributed by atoms with Gasteiger partial charge in [0.2, 0.25) is 5.91 Å². The first-order valence-corrected chi connectivity index (χ1v) is 11.1. The molecule has 1 aromatic carbocycles. The monoisotopic (exact) mass is 520 g/mol. The van der Waals surface area contributed by atoms with Crippen LogP contribution in [-0.2, 0) is 14.6 Å². The van der Waals surface area contributed by atoms with Crippen molar-refractivity contribution in [2.75, 3.05) is 37.2 Å². The van der Waals surface area contributed by atoms with Gasteiger partial charge in [-0.2, -0.15) is 0 Å². The third-order valence-corrected chi connectivity index (χ3v) is 7.80. The van der Waals surface area contributed by atoms with Gasteiger partial charge in [0.05, 0.1) is 16.4 Å². The molecule has 9 heteroatoms. The van der Waals surface area contributed by atoms with Crippen LogP contribution in [0.5, 0.6) is 0 Å². The van der Waals surface area contributed by atoms with E-state index in [4.69, 9.17) is 0 Å². The van der Waals surface area contributed by atoms with Crippen molar-refractivity contribution in [1.29, 1.82) is 0 Å². The van der Waals surface area contributed by atoms with E-state index in [-0.39, 0.29) is 41.6 Å². The van der Waals surface area contributed by atoms with E-state index in [2.05, 4.69) is 15.6 Å². The van der Waals surface area contributed by atoms with Crippen LogP contribution in [0.25, 0.3) is 0 Å². The standard InChI is InChI=1S/C19H28N4O3S.HI/c1-4-20-18(23-11-12-27(25,26)19(2,3)13-23)21-10-9-15-14-7-5-6-8-16(14)22-17(15)24;/h5-8,15H,4,9-13H2,1-3H3,(H,20,21)(H,22,24);1H. The molecule has 7 nitrogen and oxygen atoms in total. The van der Waals surface area contributed by atoms with E-state index in [0.717, 1.165) is 11.3 Å². The maximum absolute atomic E-state index is 12.2. The van der Waals surface area contributed by atoms with Crippen LogP contribution in [-0.4, -0.2) is 61.9 Å². The average molecular weight is 520 g/mol.